The highest BCUT2D eigenvalue weighted by Crippen LogP contribution is 2.26. The van der Waals surface area contributed by atoms with Crippen LogP contribution >= 0.6 is 0 Å². The van der Waals surface area contributed by atoms with E-state index in [1.54, 1.807) is 12.4 Å². The van der Waals surface area contributed by atoms with Crippen molar-refractivity contribution in [2.75, 3.05) is 0 Å². The zero-order valence-electron chi connectivity index (χ0n) is 11.8. The van der Waals surface area contributed by atoms with Gasteiger partial charge >= 0.3 is 0 Å². The van der Waals surface area contributed by atoms with E-state index in [1.807, 2.05) is 12.1 Å². The molecule has 2 rings (SSSR count). The van der Waals surface area contributed by atoms with Crippen molar-refractivity contribution in [2.45, 2.75) is 63.8 Å². The van der Waals surface area contributed by atoms with E-state index in [0.717, 1.165) is 19.3 Å². The van der Waals surface area contributed by atoms with Gasteiger partial charge in [0.25, 0.3) is 0 Å². The van der Waals surface area contributed by atoms with Crippen LogP contribution in [0.15, 0.2) is 24.5 Å². The first-order valence-corrected chi connectivity index (χ1v) is 7.38. The first-order chi connectivity index (χ1) is 9.18. The summed E-state index contributed by atoms with van der Waals surface area (Å²) in [6.45, 7) is 2.20. The van der Waals surface area contributed by atoms with Gasteiger partial charge in [0.05, 0.1) is 0 Å². The van der Waals surface area contributed by atoms with Crippen LogP contribution in [0, 0.1) is 0 Å². The molecule has 1 saturated carbocycles. The second kappa shape index (κ2) is 6.69. The van der Waals surface area contributed by atoms with Crippen LogP contribution in [0.25, 0.3) is 0 Å². The van der Waals surface area contributed by atoms with E-state index >= 15 is 0 Å². The molecule has 1 amide bonds. The first kappa shape index (κ1) is 14.0. The predicted molar refractivity (Wildman–Crippen MR) is 76.8 cm³/mol. The average molecular weight is 260 g/mol. The van der Waals surface area contributed by atoms with Gasteiger partial charge in [-0.25, -0.2) is 0 Å². The summed E-state index contributed by atoms with van der Waals surface area (Å²) >= 11 is 0. The lowest BCUT2D eigenvalue weighted by atomic mass is 9.92. The first-order valence-electron chi connectivity index (χ1n) is 7.38. The average Bonchev–Trinajstić information content (AvgIpc) is 2.62. The SMILES string of the molecule is CC1(NC(=O)CCc2ccncc2)CCCCCC1. The third kappa shape index (κ3) is 4.66. The lowest BCUT2D eigenvalue weighted by Gasteiger charge is -2.29. The summed E-state index contributed by atoms with van der Waals surface area (Å²) in [4.78, 5) is 16.1. The zero-order chi connectivity index (χ0) is 13.6. The predicted octanol–water partition coefficient (Wildman–Crippen LogP) is 3.24. The van der Waals surface area contributed by atoms with Crippen LogP contribution in [0.1, 0.15) is 57.4 Å². The molecule has 0 spiro atoms. The van der Waals surface area contributed by atoms with Crippen LogP contribution in [0.3, 0.4) is 0 Å². The number of nitrogens with zero attached hydrogens (tertiary/aromatic N) is 1. The molecule has 1 aliphatic carbocycles. The molecule has 1 heterocycles. The van der Waals surface area contributed by atoms with Crippen molar-refractivity contribution in [3.63, 3.8) is 0 Å². The molecule has 0 unspecified atom stereocenters. The summed E-state index contributed by atoms with van der Waals surface area (Å²) in [5, 5.41) is 3.25. The summed E-state index contributed by atoms with van der Waals surface area (Å²) in [6.07, 6.45) is 12.2. The van der Waals surface area contributed by atoms with Crippen molar-refractivity contribution in [3.8, 4) is 0 Å². The van der Waals surface area contributed by atoms with E-state index in [1.165, 1.54) is 31.2 Å². The van der Waals surface area contributed by atoms with Crippen LogP contribution in [-0.2, 0) is 11.2 Å². The molecule has 0 aliphatic heterocycles. The number of hydrogen-bond donors (Lipinski definition) is 1. The number of carbonyl (C=O) groups is 1. The van der Waals surface area contributed by atoms with Gasteiger partial charge in [-0.2, -0.15) is 0 Å². The fourth-order valence-corrected chi connectivity index (χ4v) is 2.84. The molecular formula is C16H24N2O. The lowest BCUT2D eigenvalue weighted by Crippen LogP contribution is -2.45. The quantitative estimate of drug-likeness (QED) is 0.844. The number of pyridine rings is 1. The molecule has 19 heavy (non-hydrogen) atoms. The maximum atomic E-state index is 12.1. The summed E-state index contributed by atoms with van der Waals surface area (Å²) in [5.41, 5.74) is 1.20. The molecule has 3 nitrogen and oxygen atoms in total. The Hall–Kier alpha value is -1.38. The maximum absolute atomic E-state index is 12.1. The molecule has 0 aromatic carbocycles. The highest BCUT2D eigenvalue weighted by atomic mass is 16.1. The molecule has 1 N–H and O–H groups in total. The number of amides is 1. The van der Waals surface area contributed by atoms with Gasteiger partial charge in [-0.1, -0.05) is 25.7 Å². The lowest BCUT2D eigenvalue weighted by molar-refractivity contribution is -0.123. The largest absolute Gasteiger partial charge is 0.351 e. The zero-order valence-corrected chi connectivity index (χ0v) is 11.8. The Morgan fingerprint density at radius 1 is 1.21 bits per heavy atom. The number of aryl methyl sites for hydroxylation is 1. The number of carbonyl (C=O) groups excluding carboxylic acids is 1. The second-order valence-electron chi connectivity index (χ2n) is 5.88. The third-order valence-electron chi connectivity index (χ3n) is 4.04. The van der Waals surface area contributed by atoms with E-state index < -0.39 is 0 Å². The Labute approximate surface area is 115 Å². The van der Waals surface area contributed by atoms with Gasteiger partial charge in [-0.15, -0.1) is 0 Å². The number of aromatic nitrogens is 1. The Morgan fingerprint density at radius 3 is 2.47 bits per heavy atom. The van der Waals surface area contributed by atoms with E-state index in [2.05, 4.69) is 17.2 Å². The molecule has 0 radical (unpaired) electrons. The van der Waals surface area contributed by atoms with E-state index in [0.29, 0.717) is 6.42 Å². The number of nitrogens with one attached hydrogen (secondary N) is 1. The number of hydrogen-bond acceptors (Lipinski definition) is 2. The van der Waals surface area contributed by atoms with Gasteiger partial charge in [0.2, 0.25) is 5.91 Å². The fourth-order valence-electron chi connectivity index (χ4n) is 2.84. The van der Waals surface area contributed by atoms with E-state index in [-0.39, 0.29) is 11.4 Å². The van der Waals surface area contributed by atoms with Crippen LogP contribution in [0.4, 0.5) is 0 Å². The van der Waals surface area contributed by atoms with Crippen molar-refractivity contribution in [3.05, 3.63) is 30.1 Å². The molecule has 0 atom stereocenters. The highest BCUT2D eigenvalue weighted by molar-refractivity contribution is 5.77. The molecule has 3 heteroatoms. The van der Waals surface area contributed by atoms with Crippen molar-refractivity contribution in [1.82, 2.24) is 10.3 Å². The molecule has 0 saturated heterocycles. The Bertz CT molecular complexity index is 394. The van der Waals surface area contributed by atoms with Crippen LogP contribution in [0.5, 0.6) is 0 Å². The monoisotopic (exact) mass is 260 g/mol. The summed E-state index contributed by atoms with van der Waals surface area (Å²) in [6, 6.07) is 3.95. The smallest absolute Gasteiger partial charge is 0.220 e. The normalized spacial score (nSPS) is 18.6. The van der Waals surface area contributed by atoms with Crippen molar-refractivity contribution in [2.24, 2.45) is 0 Å². The summed E-state index contributed by atoms with van der Waals surface area (Å²) < 4.78 is 0. The molecule has 1 aliphatic rings. The highest BCUT2D eigenvalue weighted by Gasteiger charge is 2.26. The topological polar surface area (TPSA) is 42.0 Å². The van der Waals surface area contributed by atoms with Crippen molar-refractivity contribution in [1.29, 1.82) is 0 Å². The minimum atomic E-state index is 0.0197. The van der Waals surface area contributed by atoms with Gasteiger partial charge in [0.15, 0.2) is 0 Å². The second-order valence-corrected chi connectivity index (χ2v) is 5.88. The minimum absolute atomic E-state index is 0.0197. The van der Waals surface area contributed by atoms with E-state index in [4.69, 9.17) is 0 Å². The minimum Gasteiger partial charge on any atom is -0.351 e. The molecule has 1 fully saturated rings. The fraction of sp³-hybridized carbons (Fsp3) is 0.625. The molecule has 104 valence electrons. The van der Waals surface area contributed by atoms with Crippen molar-refractivity contribution >= 4 is 5.91 Å². The summed E-state index contributed by atoms with van der Waals surface area (Å²) in [7, 11) is 0. The van der Waals surface area contributed by atoms with Crippen LogP contribution < -0.4 is 5.32 Å². The van der Waals surface area contributed by atoms with Gasteiger partial charge < -0.3 is 5.32 Å². The maximum Gasteiger partial charge on any atom is 0.220 e. The van der Waals surface area contributed by atoms with Gasteiger partial charge in [-0.05, 0) is 43.9 Å². The Morgan fingerprint density at radius 2 is 1.84 bits per heavy atom. The summed E-state index contributed by atoms with van der Waals surface area (Å²) in [5.74, 6) is 0.182. The van der Waals surface area contributed by atoms with Gasteiger partial charge in [-0.3, -0.25) is 9.78 Å². The van der Waals surface area contributed by atoms with Crippen LogP contribution in [0.2, 0.25) is 0 Å². The third-order valence-corrected chi connectivity index (χ3v) is 4.04. The van der Waals surface area contributed by atoms with E-state index in [9.17, 15) is 4.79 Å². The molecule has 1 aromatic heterocycles. The van der Waals surface area contributed by atoms with Gasteiger partial charge in [0.1, 0.15) is 0 Å². The van der Waals surface area contributed by atoms with Gasteiger partial charge in [0, 0.05) is 24.4 Å². The standard InChI is InChI=1S/C16H24N2O/c1-16(10-4-2-3-5-11-16)18-15(19)7-6-14-8-12-17-13-9-14/h8-9,12-13H,2-7,10-11H2,1H3,(H,18,19). The molecule has 1 aromatic rings. The Kier molecular flexibility index (Phi) is 4.94. The van der Waals surface area contributed by atoms with Crippen LogP contribution in [-0.4, -0.2) is 16.4 Å². The number of rotatable bonds is 4. The molecule has 0 bridgehead atoms. The molecular weight excluding hydrogens is 236 g/mol. The Balaban J connectivity index is 1.80. The van der Waals surface area contributed by atoms with Crippen molar-refractivity contribution < 1.29 is 4.79 Å².